The van der Waals surface area contributed by atoms with Crippen LogP contribution in [0.5, 0.6) is 0 Å². The first kappa shape index (κ1) is 14.2. The van der Waals surface area contributed by atoms with Gasteiger partial charge in [-0.25, -0.2) is 9.29 Å². The van der Waals surface area contributed by atoms with Crippen molar-refractivity contribution >= 4 is 34.8 Å². The van der Waals surface area contributed by atoms with Gasteiger partial charge >= 0.3 is 0 Å². The van der Waals surface area contributed by atoms with Crippen LogP contribution in [0.1, 0.15) is 20.7 Å². The van der Waals surface area contributed by atoms with Crippen LogP contribution in [-0.4, -0.2) is 16.7 Å². The standard InChI is InChI=1S/C14H6ClFN2O4/c15-9-5-10(16)12(6-11(9)18(21)22)17-13(19)7-3-1-2-4-8(7)14(17)20/h1-6H. The van der Waals surface area contributed by atoms with Crippen LogP contribution in [0.2, 0.25) is 5.02 Å². The average Bonchev–Trinajstić information content (AvgIpc) is 2.72. The van der Waals surface area contributed by atoms with Crippen molar-refractivity contribution in [2.75, 3.05) is 4.90 Å². The van der Waals surface area contributed by atoms with E-state index in [2.05, 4.69) is 0 Å². The zero-order valence-corrected chi connectivity index (χ0v) is 11.5. The van der Waals surface area contributed by atoms with E-state index in [9.17, 15) is 24.1 Å². The number of nitro groups is 1. The van der Waals surface area contributed by atoms with Crippen LogP contribution in [-0.2, 0) is 0 Å². The molecule has 0 atom stereocenters. The van der Waals surface area contributed by atoms with Crippen molar-refractivity contribution in [2.45, 2.75) is 0 Å². The maximum atomic E-state index is 14.1. The summed E-state index contributed by atoms with van der Waals surface area (Å²) in [7, 11) is 0. The third kappa shape index (κ3) is 1.94. The predicted molar refractivity (Wildman–Crippen MR) is 75.6 cm³/mol. The lowest BCUT2D eigenvalue weighted by Gasteiger charge is -2.14. The van der Waals surface area contributed by atoms with Crippen LogP contribution in [0, 0.1) is 15.9 Å². The Labute approximate surface area is 127 Å². The van der Waals surface area contributed by atoms with Gasteiger partial charge in [0.15, 0.2) is 0 Å². The number of nitro benzene ring substituents is 1. The smallest absolute Gasteiger partial charge is 0.268 e. The second-order valence-electron chi connectivity index (χ2n) is 4.50. The number of carbonyl (C=O) groups excluding carboxylic acids is 2. The quantitative estimate of drug-likeness (QED) is 0.483. The number of halogens is 2. The van der Waals surface area contributed by atoms with Gasteiger partial charge in [-0.2, -0.15) is 0 Å². The molecule has 0 aliphatic carbocycles. The summed E-state index contributed by atoms with van der Waals surface area (Å²) in [6, 6.07) is 7.47. The monoisotopic (exact) mass is 320 g/mol. The molecule has 0 bridgehead atoms. The van der Waals surface area contributed by atoms with Gasteiger partial charge < -0.3 is 0 Å². The molecule has 0 aromatic heterocycles. The molecule has 0 fully saturated rings. The molecular formula is C14H6ClFN2O4. The van der Waals surface area contributed by atoms with Gasteiger partial charge in [-0.1, -0.05) is 23.7 Å². The van der Waals surface area contributed by atoms with Crippen molar-refractivity contribution in [2.24, 2.45) is 0 Å². The molecule has 0 unspecified atom stereocenters. The molecule has 2 aromatic rings. The summed E-state index contributed by atoms with van der Waals surface area (Å²) in [5.74, 6) is -2.47. The number of hydrogen-bond donors (Lipinski definition) is 0. The third-order valence-corrected chi connectivity index (χ3v) is 3.55. The molecule has 0 saturated heterocycles. The first-order valence-corrected chi connectivity index (χ1v) is 6.41. The van der Waals surface area contributed by atoms with Gasteiger partial charge in [-0.15, -0.1) is 0 Å². The molecule has 22 heavy (non-hydrogen) atoms. The van der Waals surface area contributed by atoms with E-state index in [-0.39, 0.29) is 11.1 Å². The zero-order chi connectivity index (χ0) is 16.0. The lowest BCUT2D eigenvalue weighted by Crippen LogP contribution is -2.30. The Balaban J connectivity index is 2.18. The molecule has 0 N–H and O–H groups in total. The van der Waals surface area contributed by atoms with E-state index >= 15 is 0 Å². The largest absolute Gasteiger partial charge is 0.290 e. The fourth-order valence-electron chi connectivity index (χ4n) is 2.25. The number of fused-ring (bicyclic) bond motifs is 1. The van der Waals surface area contributed by atoms with E-state index in [1.54, 1.807) is 12.1 Å². The number of benzene rings is 2. The van der Waals surface area contributed by atoms with Gasteiger partial charge in [-0.3, -0.25) is 19.7 Å². The average molecular weight is 321 g/mol. The molecule has 3 rings (SSSR count). The lowest BCUT2D eigenvalue weighted by molar-refractivity contribution is -0.384. The second-order valence-corrected chi connectivity index (χ2v) is 4.91. The van der Waals surface area contributed by atoms with Crippen LogP contribution < -0.4 is 4.90 Å². The summed E-state index contributed by atoms with van der Waals surface area (Å²) in [5.41, 5.74) is -0.856. The summed E-state index contributed by atoms with van der Waals surface area (Å²) in [6.45, 7) is 0. The van der Waals surface area contributed by atoms with Crippen LogP contribution in [0.25, 0.3) is 0 Å². The van der Waals surface area contributed by atoms with Gasteiger partial charge in [0.1, 0.15) is 10.8 Å². The molecule has 1 heterocycles. The molecule has 0 radical (unpaired) electrons. The minimum absolute atomic E-state index is 0.115. The summed E-state index contributed by atoms with van der Waals surface area (Å²) in [5, 5.41) is 10.5. The first-order chi connectivity index (χ1) is 10.4. The van der Waals surface area contributed by atoms with E-state index < -0.39 is 39.0 Å². The van der Waals surface area contributed by atoms with Gasteiger partial charge in [0, 0.05) is 12.1 Å². The minimum atomic E-state index is -0.995. The Kier molecular flexibility index (Phi) is 3.14. The molecule has 2 amide bonds. The van der Waals surface area contributed by atoms with Crippen molar-refractivity contribution in [1.29, 1.82) is 0 Å². The van der Waals surface area contributed by atoms with Crippen molar-refractivity contribution < 1.29 is 18.9 Å². The highest BCUT2D eigenvalue weighted by Gasteiger charge is 2.38. The maximum Gasteiger partial charge on any atom is 0.290 e. The van der Waals surface area contributed by atoms with Crippen molar-refractivity contribution in [3.8, 4) is 0 Å². The number of carbonyl (C=O) groups is 2. The van der Waals surface area contributed by atoms with E-state index in [0.717, 1.165) is 6.07 Å². The molecule has 1 aliphatic rings. The van der Waals surface area contributed by atoms with Gasteiger partial charge in [0.25, 0.3) is 17.5 Å². The highest BCUT2D eigenvalue weighted by molar-refractivity contribution is 6.35. The Morgan fingerprint density at radius 1 is 1.09 bits per heavy atom. The van der Waals surface area contributed by atoms with Gasteiger partial charge in [0.05, 0.1) is 21.7 Å². The molecular weight excluding hydrogens is 315 g/mol. The molecule has 1 aliphatic heterocycles. The van der Waals surface area contributed by atoms with E-state index in [4.69, 9.17) is 11.6 Å². The Morgan fingerprint density at radius 2 is 1.64 bits per heavy atom. The summed E-state index contributed by atoms with van der Waals surface area (Å²) in [4.78, 5) is 35.2. The Hall–Kier alpha value is -2.80. The van der Waals surface area contributed by atoms with Crippen LogP contribution >= 0.6 is 11.6 Å². The van der Waals surface area contributed by atoms with Crippen LogP contribution in [0.15, 0.2) is 36.4 Å². The SMILES string of the molecule is O=C1c2ccccc2C(=O)N1c1cc([N+](=O)[O-])c(Cl)cc1F. The predicted octanol–water partition coefficient (Wildman–Crippen LogP) is 3.19. The highest BCUT2D eigenvalue weighted by atomic mass is 35.5. The summed E-state index contributed by atoms with van der Waals surface area (Å²) < 4.78 is 14.1. The third-order valence-electron chi connectivity index (χ3n) is 3.25. The number of anilines is 1. The Morgan fingerprint density at radius 3 is 2.14 bits per heavy atom. The minimum Gasteiger partial charge on any atom is -0.268 e. The summed E-state index contributed by atoms with van der Waals surface area (Å²) >= 11 is 5.60. The molecule has 110 valence electrons. The molecule has 8 heteroatoms. The summed E-state index contributed by atoms with van der Waals surface area (Å²) in [6.07, 6.45) is 0. The molecule has 6 nitrogen and oxygen atoms in total. The highest BCUT2D eigenvalue weighted by Crippen LogP contribution is 2.36. The van der Waals surface area contributed by atoms with E-state index in [1.807, 2.05) is 0 Å². The van der Waals surface area contributed by atoms with Crippen LogP contribution in [0.4, 0.5) is 15.8 Å². The van der Waals surface area contributed by atoms with Gasteiger partial charge in [0.2, 0.25) is 0 Å². The normalized spacial score (nSPS) is 13.5. The number of imide groups is 1. The second kappa shape index (κ2) is 4.88. The van der Waals surface area contributed by atoms with E-state index in [0.29, 0.717) is 11.0 Å². The van der Waals surface area contributed by atoms with Crippen LogP contribution in [0.3, 0.4) is 0 Å². The van der Waals surface area contributed by atoms with Crippen molar-refractivity contribution in [3.63, 3.8) is 0 Å². The fraction of sp³-hybridized carbons (Fsp3) is 0. The molecule has 0 spiro atoms. The first-order valence-electron chi connectivity index (χ1n) is 6.03. The lowest BCUT2D eigenvalue weighted by atomic mass is 10.1. The molecule has 0 saturated carbocycles. The molecule has 2 aromatic carbocycles. The topological polar surface area (TPSA) is 80.5 Å². The number of hydrogen-bond acceptors (Lipinski definition) is 4. The number of rotatable bonds is 2. The van der Waals surface area contributed by atoms with Gasteiger partial charge in [-0.05, 0) is 12.1 Å². The number of nitrogens with zero attached hydrogens (tertiary/aromatic N) is 2. The fourth-order valence-corrected chi connectivity index (χ4v) is 2.47. The number of amides is 2. The van der Waals surface area contributed by atoms with Crippen molar-refractivity contribution in [1.82, 2.24) is 0 Å². The maximum absolute atomic E-state index is 14.1. The Bertz CT molecular complexity index is 818. The zero-order valence-electron chi connectivity index (χ0n) is 10.7. The van der Waals surface area contributed by atoms with E-state index in [1.165, 1.54) is 12.1 Å². The van der Waals surface area contributed by atoms with Crippen molar-refractivity contribution in [3.05, 3.63) is 68.5 Å².